The fraction of sp³-hybridized carbons (Fsp3) is 0.0833. The SMILES string of the molecule is COC(=O)/C=C(/C)C(=O)O[Si](c1ccccc1)(c1ccccc1)c1ccccc1. The maximum atomic E-state index is 13.1. The molecular weight excluding hydrogens is 380 g/mol. The second-order valence-electron chi connectivity index (χ2n) is 6.52. The zero-order chi connectivity index (χ0) is 20.7. The van der Waals surface area contributed by atoms with E-state index in [0.29, 0.717) is 0 Å². The number of methoxy groups -OCH3 is 1. The minimum atomic E-state index is -3.15. The predicted octanol–water partition coefficient (Wildman–Crippen LogP) is 2.32. The van der Waals surface area contributed by atoms with Gasteiger partial charge in [0, 0.05) is 11.6 Å². The molecule has 0 amide bonds. The van der Waals surface area contributed by atoms with Crippen molar-refractivity contribution in [3.05, 3.63) is 103 Å². The number of hydrogen-bond acceptors (Lipinski definition) is 4. The number of rotatable bonds is 6. The summed E-state index contributed by atoms with van der Waals surface area (Å²) in [6.45, 7) is 1.55. The highest BCUT2D eigenvalue weighted by Crippen LogP contribution is 2.12. The van der Waals surface area contributed by atoms with Crippen LogP contribution in [0.3, 0.4) is 0 Å². The largest absolute Gasteiger partial charge is 0.502 e. The Labute approximate surface area is 171 Å². The number of esters is 1. The number of carbonyl (C=O) groups is 2. The van der Waals surface area contributed by atoms with Crippen LogP contribution in [-0.4, -0.2) is 27.4 Å². The van der Waals surface area contributed by atoms with Gasteiger partial charge in [0.1, 0.15) is 0 Å². The normalized spacial score (nSPS) is 11.6. The molecule has 5 heteroatoms. The Balaban J connectivity index is 2.22. The molecule has 0 bridgehead atoms. The molecule has 4 nitrogen and oxygen atoms in total. The fourth-order valence-electron chi connectivity index (χ4n) is 3.21. The highest BCUT2D eigenvalue weighted by atomic mass is 28.4. The van der Waals surface area contributed by atoms with Crippen molar-refractivity contribution in [3.63, 3.8) is 0 Å². The molecule has 0 aromatic heterocycles. The van der Waals surface area contributed by atoms with Crippen LogP contribution in [0.2, 0.25) is 0 Å². The monoisotopic (exact) mass is 402 g/mol. The molecule has 0 saturated carbocycles. The summed E-state index contributed by atoms with van der Waals surface area (Å²) in [6, 6.07) is 29.3. The van der Waals surface area contributed by atoms with Gasteiger partial charge in [0.05, 0.1) is 7.11 Å². The molecule has 0 aliphatic rings. The lowest BCUT2D eigenvalue weighted by Gasteiger charge is -2.32. The summed E-state index contributed by atoms with van der Waals surface area (Å²) in [5, 5.41) is 2.82. The third-order valence-corrected chi connectivity index (χ3v) is 8.57. The van der Waals surface area contributed by atoms with Gasteiger partial charge in [-0.25, -0.2) is 9.59 Å². The van der Waals surface area contributed by atoms with Gasteiger partial charge in [-0.2, -0.15) is 0 Å². The molecule has 3 aromatic rings. The topological polar surface area (TPSA) is 52.6 Å². The van der Waals surface area contributed by atoms with Gasteiger partial charge >= 0.3 is 20.3 Å². The van der Waals surface area contributed by atoms with Crippen LogP contribution in [0.4, 0.5) is 0 Å². The molecule has 0 aliphatic carbocycles. The second-order valence-corrected chi connectivity index (χ2v) is 9.82. The van der Waals surface area contributed by atoms with E-state index in [9.17, 15) is 9.59 Å². The van der Waals surface area contributed by atoms with E-state index in [0.717, 1.165) is 21.6 Å². The Morgan fingerprint density at radius 2 is 1.10 bits per heavy atom. The van der Waals surface area contributed by atoms with Crippen LogP contribution in [-0.2, 0) is 18.8 Å². The van der Waals surface area contributed by atoms with Gasteiger partial charge < -0.3 is 9.16 Å². The molecule has 0 unspecified atom stereocenters. The van der Waals surface area contributed by atoms with E-state index in [1.165, 1.54) is 7.11 Å². The first-order valence-electron chi connectivity index (χ1n) is 9.24. The fourth-order valence-corrected chi connectivity index (χ4v) is 6.99. The van der Waals surface area contributed by atoms with Gasteiger partial charge in [-0.3, -0.25) is 0 Å². The van der Waals surface area contributed by atoms with Crippen molar-refractivity contribution in [2.75, 3.05) is 7.11 Å². The summed E-state index contributed by atoms with van der Waals surface area (Å²) in [4.78, 5) is 24.7. The zero-order valence-corrected chi connectivity index (χ0v) is 17.4. The van der Waals surface area contributed by atoms with Gasteiger partial charge in [-0.05, 0) is 22.5 Å². The van der Waals surface area contributed by atoms with E-state index in [1.54, 1.807) is 6.92 Å². The third kappa shape index (κ3) is 4.36. The summed E-state index contributed by atoms with van der Waals surface area (Å²) in [6.07, 6.45) is 1.16. The summed E-state index contributed by atoms with van der Waals surface area (Å²) in [5.41, 5.74) is 0.191. The van der Waals surface area contributed by atoms with Gasteiger partial charge in [0.15, 0.2) is 0 Å². The quantitative estimate of drug-likeness (QED) is 0.275. The Morgan fingerprint density at radius 3 is 1.45 bits per heavy atom. The molecular formula is C24H22O4Si. The smallest absolute Gasteiger partial charge is 0.350 e. The number of ether oxygens (including phenoxy) is 1. The first kappa shape index (κ1) is 20.3. The second kappa shape index (κ2) is 9.17. The van der Waals surface area contributed by atoms with E-state index in [4.69, 9.17) is 4.43 Å². The van der Waals surface area contributed by atoms with Crippen molar-refractivity contribution >= 4 is 35.8 Å². The van der Waals surface area contributed by atoms with E-state index in [1.807, 2.05) is 91.0 Å². The molecule has 3 aromatic carbocycles. The van der Waals surface area contributed by atoms with Crippen molar-refractivity contribution in [3.8, 4) is 0 Å². The lowest BCUT2D eigenvalue weighted by molar-refractivity contribution is -0.136. The first-order chi connectivity index (χ1) is 14.1. The molecule has 0 heterocycles. The number of hydrogen-bond donors (Lipinski definition) is 0. The molecule has 0 saturated heterocycles. The highest BCUT2D eigenvalue weighted by molar-refractivity contribution is 7.07. The Bertz CT molecular complexity index is 902. The summed E-state index contributed by atoms with van der Waals surface area (Å²) in [5.74, 6) is -1.13. The first-order valence-corrected chi connectivity index (χ1v) is 11.1. The van der Waals surface area contributed by atoms with Crippen LogP contribution in [0.15, 0.2) is 103 Å². The van der Waals surface area contributed by atoms with E-state index < -0.39 is 20.3 Å². The molecule has 146 valence electrons. The summed E-state index contributed by atoms with van der Waals surface area (Å²) < 4.78 is 11.0. The average molecular weight is 403 g/mol. The Morgan fingerprint density at radius 1 is 0.724 bits per heavy atom. The van der Waals surface area contributed by atoms with Gasteiger partial charge in [0.25, 0.3) is 0 Å². The maximum absolute atomic E-state index is 13.1. The molecule has 29 heavy (non-hydrogen) atoms. The number of benzene rings is 3. The van der Waals surface area contributed by atoms with Crippen molar-refractivity contribution in [1.82, 2.24) is 0 Å². The van der Waals surface area contributed by atoms with Crippen LogP contribution in [0, 0.1) is 0 Å². The lowest BCUT2D eigenvalue weighted by Crippen LogP contribution is -2.70. The highest BCUT2D eigenvalue weighted by Gasteiger charge is 2.45. The summed E-state index contributed by atoms with van der Waals surface area (Å²) >= 11 is 0. The minimum absolute atomic E-state index is 0.191. The van der Waals surface area contributed by atoms with Crippen molar-refractivity contribution in [2.45, 2.75) is 6.92 Å². The molecule has 3 rings (SSSR count). The molecule has 0 atom stereocenters. The van der Waals surface area contributed by atoms with Gasteiger partial charge in [0.2, 0.25) is 0 Å². The van der Waals surface area contributed by atoms with Gasteiger partial charge in [-0.1, -0.05) is 91.0 Å². The molecule has 0 aliphatic heterocycles. The zero-order valence-electron chi connectivity index (χ0n) is 16.4. The molecule has 0 fully saturated rings. The average Bonchev–Trinajstić information content (AvgIpc) is 2.79. The minimum Gasteiger partial charge on any atom is -0.502 e. The summed E-state index contributed by atoms with van der Waals surface area (Å²) in [7, 11) is -1.88. The Hall–Kier alpha value is -3.44. The van der Waals surface area contributed by atoms with Gasteiger partial charge in [-0.15, -0.1) is 0 Å². The van der Waals surface area contributed by atoms with E-state index in [2.05, 4.69) is 4.74 Å². The molecule has 0 N–H and O–H groups in total. The van der Waals surface area contributed by atoms with Crippen LogP contribution in [0.25, 0.3) is 0 Å². The Kier molecular flexibility index (Phi) is 6.42. The third-order valence-electron chi connectivity index (χ3n) is 4.64. The van der Waals surface area contributed by atoms with Crippen molar-refractivity contribution < 1.29 is 18.8 Å². The van der Waals surface area contributed by atoms with Crippen LogP contribution in [0.1, 0.15) is 6.92 Å². The van der Waals surface area contributed by atoms with Crippen molar-refractivity contribution in [1.29, 1.82) is 0 Å². The lowest BCUT2D eigenvalue weighted by atomic mass is 10.3. The van der Waals surface area contributed by atoms with Crippen LogP contribution in [0.5, 0.6) is 0 Å². The predicted molar refractivity (Wildman–Crippen MR) is 116 cm³/mol. The molecule has 0 radical (unpaired) electrons. The van der Waals surface area contributed by atoms with Crippen LogP contribution < -0.4 is 15.6 Å². The van der Waals surface area contributed by atoms with E-state index >= 15 is 0 Å². The standard InChI is InChI=1S/C24H22O4Si/c1-19(18-23(25)27-2)24(26)28-29(20-12-6-3-7-13-20,21-14-8-4-9-15-21)22-16-10-5-11-17-22/h3-18H,1-2H3/b19-18-. The number of carbonyl (C=O) groups excluding carboxylic acids is 2. The molecule has 0 spiro atoms. The van der Waals surface area contributed by atoms with Crippen molar-refractivity contribution in [2.24, 2.45) is 0 Å². The van der Waals surface area contributed by atoms with E-state index in [-0.39, 0.29) is 5.57 Å². The maximum Gasteiger partial charge on any atom is 0.350 e. The van der Waals surface area contributed by atoms with Crippen LogP contribution >= 0.6 is 0 Å².